The van der Waals surface area contributed by atoms with Crippen LogP contribution in [0.1, 0.15) is 31.2 Å². The molecule has 0 saturated carbocycles. The molecular formula is C19H21BrN4O2S. The van der Waals surface area contributed by atoms with Gasteiger partial charge in [-0.3, -0.25) is 13.9 Å². The summed E-state index contributed by atoms with van der Waals surface area (Å²) >= 11 is 4.93. The first-order valence-corrected chi connectivity index (χ1v) is 10.5. The van der Waals surface area contributed by atoms with Crippen LogP contribution in [0.25, 0.3) is 11.0 Å². The zero-order valence-electron chi connectivity index (χ0n) is 15.5. The standard InChI is InChI=1S/C19H21BrN4O2S/c1-4-5-6-14-21-16-15(18(25)24(3)19(26)23(16)2)17(22-14)27-11-12-7-9-13(20)10-8-12/h7-10H,4-6,11H2,1-3H3. The molecule has 0 saturated heterocycles. The van der Waals surface area contributed by atoms with Crippen molar-refractivity contribution in [2.24, 2.45) is 14.1 Å². The SMILES string of the molecule is CCCCc1nc(SCc2ccc(Br)cc2)c2c(=O)n(C)c(=O)n(C)c2n1. The quantitative estimate of drug-likeness (QED) is 0.426. The number of thioether (sulfide) groups is 1. The summed E-state index contributed by atoms with van der Waals surface area (Å²) < 4.78 is 3.56. The predicted octanol–water partition coefficient (Wildman–Crippen LogP) is 3.42. The molecule has 6 nitrogen and oxygen atoms in total. The van der Waals surface area contributed by atoms with Crippen molar-refractivity contribution in [2.45, 2.75) is 37.0 Å². The second-order valence-electron chi connectivity index (χ2n) is 6.37. The monoisotopic (exact) mass is 448 g/mol. The Morgan fingerprint density at radius 2 is 1.78 bits per heavy atom. The molecule has 0 atom stereocenters. The minimum Gasteiger partial charge on any atom is -0.280 e. The first kappa shape index (κ1) is 19.8. The highest BCUT2D eigenvalue weighted by molar-refractivity contribution is 9.10. The van der Waals surface area contributed by atoms with E-state index in [0.717, 1.165) is 33.9 Å². The van der Waals surface area contributed by atoms with Gasteiger partial charge in [0.2, 0.25) is 0 Å². The molecule has 3 aromatic rings. The van der Waals surface area contributed by atoms with Gasteiger partial charge in [-0.2, -0.15) is 0 Å². The Balaban J connectivity index is 2.11. The van der Waals surface area contributed by atoms with Crippen LogP contribution in [0, 0.1) is 0 Å². The van der Waals surface area contributed by atoms with Crippen LogP contribution >= 0.6 is 27.7 Å². The van der Waals surface area contributed by atoms with E-state index in [1.54, 1.807) is 7.05 Å². The van der Waals surface area contributed by atoms with E-state index in [-0.39, 0.29) is 11.2 Å². The van der Waals surface area contributed by atoms with Crippen molar-refractivity contribution in [3.05, 3.63) is 61.0 Å². The summed E-state index contributed by atoms with van der Waals surface area (Å²) in [6, 6.07) is 8.05. The van der Waals surface area contributed by atoms with Gasteiger partial charge in [-0.05, 0) is 24.1 Å². The van der Waals surface area contributed by atoms with Crippen LogP contribution in [0.3, 0.4) is 0 Å². The van der Waals surface area contributed by atoms with Gasteiger partial charge in [0.15, 0.2) is 5.65 Å². The molecule has 0 aliphatic heterocycles. The van der Waals surface area contributed by atoms with Crippen molar-refractivity contribution >= 4 is 38.7 Å². The first-order chi connectivity index (χ1) is 12.9. The van der Waals surface area contributed by atoms with Gasteiger partial charge in [0.05, 0.1) is 0 Å². The number of aromatic nitrogens is 4. The summed E-state index contributed by atoms with van der Waals surface area (Å²) in [7, 11) is 3.13. The highest BCUT2D eigenvalue weighted by atomic mass is 79.9. The number of unbranched alkanes of at least 4 members (excludes halogenated alkanes) is 1. The summed E-state index contributed by atoms with van der Waals surface area (Å²) in [6.07, 6.45) is 2.71. The second kappa shape index (κ2) is 8.39. The molecule has 142 valence electrons. The third kappa shape index (κ3) is 4.16. The van der Waals surface area contributed by atoms with E-state index in [0.29, 0.717) is 27.6 Å². The minimum atomic E-state index is -0.378. The van der Waals surface area contributed by atoms with Crippen molar-refractivity contribution in [2.75, 3.05) is 0 Å². The average Bonchev–Trinajstić information content (AvgIpc) is 2.68. The lowest BCUT2D eigenvalue weighted by molar-refractivity contribution is 0.690. The van der Waals surface area contributed by atoms with Crippen LogP contribution in [0.15, 0.2) is 43.4 Å². The fourth-order valence-electron chi connectivity index (χ4n) is 2.76. The maximum absolute atomic E-state index is 12.8. The number of nitrogens with zero attached hydrogens (tertiary/aromatic N) is 4. The molecule has 0 unspecified atom stereocenters. The summed E-state index contributed by atoms with van der Waals surface area (Å²) in [6.45, 7) is 2.11. The van der Waals surface area contributed by atoms with E-state index >= 15 is 0 Å². The zero-order valence-corrected chi connectivity index (χ0v) is 17.9. The van der Waals surface area contributed by atoms with Gasteiger partial charge in [-0.25, -0.2) is 14.8 Å². The van der Waals surface area contributed by atoms with Crippen molar-refractivity contribution in [1.29, 1.82) is 0 Å². The molecule has 0 N–H and O–H groups in total. The van der Waals surface area contributed by atoms with Crippen molar-refractivity contribution in [3.63, 3.8) is 0 Å². The molecule has 27 heavy (non-hydrogen) atoms. The van der Waals surface area contributed by atoms with Gasteiger partial charge in [-0.15, -0.1) is 11.8 Å². The van der Waals surface area contributed by atoms with Gasteiger partial charge in [0.1, 0.15) is 16.2 Å². The number of halogens is 1. The van der Waals surface area contributed by atoms with Gasteiger partial charge in [0.25, 0.3) is 5.56 Å². The maximum Gasteiger partial charge on any atom is 0.332 e. The molecule has 3 rings (SSSR count). The number of fused-ring (bicyclic) bond motifs is 1. The number of aryl methyl sites for hydroxylation is 2. The molecule has 2 aromatic heterocycles. The molecule has 8 heteroatoms. The molecule has 0 bridgehead atoms. The Labute approximate surface area is 169 Å². The van der Waals surface area contributed by atoms with Crippen LogP contribution in [-0.4, -0.2) is 19.1 Å². The van der Waals surface area contributed by atoms with E-state index < -0.39 is 0 Å². The Hall–Kier alpha value is -1.93. The Morgan fingerprint density at radius 1 is 1.07 bits per heavy atom. The van der Waals surface area contributed by atoms with Crippen molar-refractivity contribution < 1.29 is 0 Å². The molecule has 0 spiro atoms. The highest BCUT2D eigenvalue weighted by Crippen LogP contribution is 2.26. The number of rotatable bonds is 6. The average molecular weight is 449 g/mol. The predicted molar refractivity (Wildman–Crippen MR) is 112 cm³/mol. The molecule has 0 fully saturated rings. The smallest absolute Gasteiger partial charge is 0.280 e. The van der Waals surface area contributed by atoms with E-state index in [9.17, 15) is 9.59 Å². The molecule has 0 aliphatic rings. The summed E-state index contributed by atoms with van der Waals surface area (Å²) in [5.41, 5.74) is 0.805. The van der Waals surface area contributed by atoms with Crippen molar-refractivity contribution in [1.82, 2.24) is 19.1 Å². The normalized spacial score (nSPS) is 11.3. The van der Waals surface area contributed by atoms with Crippen LogP contribution in [0.2, 0.25) is 0 Å². The molecule has 0 amide bonds. The molecule has 0 radical (unpaired) electrons. The Bertz CT molecular complexity index is 1090. The van der Waals surface area contributed by atoms with Crippen LogP contribution in [0.5, 0.6) is 0 Å². The lowest BCUT2D eigenvalue weighted by Gasteiger charge is -2.12. The lowest BCUT2D eigenvalue weighted by atomic mass is 10.2. The van der Waals surface area contributed by atoms with Gasteiger partial charge in [-0.1, -0.05) is 41.4 Å². The maximum atomic E-state index is 12.8. The lowest BCUT2D eigenvalue weighted by Crippen LogP contribution is -2.37. The second-order valence-corrected chi connectivity index (χ2v) is 8.25. The number of hydrogen-bond donors (Lipinski definition) is 0. The van der Waals surface area contributed by atoms with Gasteiger partial charge in [0, 0.05) is 30.7 Å². The van der Waals surface area contributed by atoms with Crippen molar-refractivity contribution in [3.8, 4) is 0 Å². The fraction of sp³-hybridized carbons (Fsp3) is 0.368. The van der Waals surface area contributed by atoms with E-state index in [1.807, 2.05) is 24.3 Å². The van der Waals surface area contributed by atoms with E-state index in [4.69, 9.17) is 0 Å². The van der Waals surface area contributed by atoms with Crippen LogP contribution in [-0.2, 0) is 26.3 Å². The molecular weight excluding hydrogens is 428 g/mol. The van der Waals surface area contributed by atoms with Gasteiger partial charge < -0.3 is 0 Å². The molecule has 0 aliphatic carbocycles. The third-order valence-corrected chi connectivity index (χ3v) is 5.93. The Kier molecular flexibility index (Phi) is 6.16. The van der Waals surface area contributed by atoms with Crippen LogP contribution in [0.4, 0.5) is 0 Å². The fourth-order valence-corrected chi connectivity index (χ4v) is 4.01. The third-order valence-electron chi connectivity index (χ3n) is 4.36. The highest BCUT2D eigenvalue weighted by Gasteiger charge is 2.17. The summed E-state index contributed by atoms with van der Waals surface area (Å²) in [5.74, 6) is 1.35. The minimum absolute atomic E-state index is 0.353. The van der Waals surface area contributed by atoms with E-state index in [2.05, 4.69) is 32.8 Å². The van der Waals surface area contributed by atoms with Crippen LogP contribution < -0.4 is 11.2 Å². The largest absolute Gasteiger partial charge is 0.332 e. The molecule has 1 aromatic carbocycles. The topological polar surface area (TPSA) is 69.8 Å². The summed E-state index contributed by atoms with van der Waals surface area (Å²) in [4.78, 5) is 34.2. The summed E-state index contributed by atoms with van der Waals surface area (Å²) in [5, 5.41) is 1.03. The number of benzene rings is 1. The first-order valence-electron chi connectivity index (χ1n) is 8.76. The van der Waals surface area contributed by atoms with Gasteiger partial charge >= 0.3 is 5.69 Å². The molecule has 2 heterocycles. The number of hydrogen-bond acceptors (Lipinski definition) is 5. The Morgan fingerprint density at radius 3 is 2.44 bits per heavy atom. The van der Waals surface area contributed by atoms with E-state index in [1.165, 1.54) is 23.4 Å². The zero-order chi connectivity index (χ0) is 19.6.